The minimum Gasteiger partial charge on any atom is -0.383 e. The molecule has 2 rings (SSSR count). The molecule has 17 heavy (non-hydrogen) atoms. The Kier molecular flexibility index (Phi) is 5.05. The second-order valence-electron chi connectivity index (χ2n) is 5.63. The number of ether oxygens (including phenoxy) is 1. The molecule has 0 aliphatic heterocycles. The molecule has 1 fully saturated rings. The highest BCUT2D eigenvalue weighted by Gasteiger charge is 2.36. The monoisotopic (exact) mass is 237 g/mol. The van der Waals surface area contributed by atoms with E-state index in [0.29, 0.717) is 5.41 Å². The topological polar surface area (TPSA) is 21.3 Å². The zero-order valence-corrected chi connectivity index (χ0v) is 11.3. The number of nitrogens with one attached hydrogen (secondary N) is 1. The molecule has 0 aromatic carbocycles. The van der Waals surface area contributed by atoms with Gasteiger partial charge in [-0.2, -0.15) is 0 Å². The van der Waals surface area contributed by atoms with Crippen LogP contribution in [0.5, 0.6) is 0 Å². The van der Waals surface area contributed by atoms with Gasteiger partial charge in [-0.05, 0) is 38.5 Å². The van der Waals surface area contributed by atoms with Gasteiger partial charge in [0, 0.05) is 25.6 Å². The Hall–Kier alpha value is -0.340. The van der Waals surface area contributed by atoms with Crippen LogP contribution in [0.4, 0.5) is 0 Å². The van der Waals surface area contributed by atoms with Gasteiger partial charge in [-0.3, -0.25) is 0 Å². The molecule has 0 bridgehead atoms. The lowest BCUT2D eigenvalue weighted by atomic mass is 9.74. The highest BCUT2D eigenvalue weighted by atomic mass is 16.5. The Balaban J connectivity index is 1.92. The quantitative estimate of drug-likeness (QED) is 0.565. The van der Waals surface area contributed by atoms with E-state index in [0.717, 1.165) is 13.2 Å². The van der Waals surface area contributed by atoms with Crippen LogP contribution in [0.2, 0.25) is 0 Å². The van der Waals surface area contributed by atoms with Crippen LogP contribution in [0.25, 0.3) is 0 Å². The molecule has 0 spiro atoms. The second-order valence-corrected chi connectivity index (χ2v) is 5.63. The normalized spacial score (nSPS) is 23.7. The van der Waals surface area contributed by atoms with E-state index in [1.165, 1.54) is 57.9 Å². The SMILES string of the molecule is COCCNCC1(C2=CCCCC2)CCCC1. The third kappa shape index (κ3) is 3.32. The highest BCUT2D eigenvalue weighted by molar-refractivity contribution is 5.19. The van der Waals surface area contributed by atoms with Crippen LogP contribution in [0.1, 0.15) is 51.4 Å². The smallest absolute Gasteiger partial charge is 0.0587 e. The van der Waals surface area contributed by atoms with E-state index >= 15 is 0 Å². The first-order chi connectivity index (χ1) is 8.37. The number of allylic oxidation sites excluding steroid dienone is 1. The molecule has 2 aliphatic rings. The fraction of sp³-hybridized carbons (Fsp3) is 0.867. The fourth-order valence-corrected chi connectivity index (χ4v) is 3.48. The van der Waals surface area contributed by atoms with Crippen molar-refractivity contribution in [1.29, 1.82) is 0 Å². The number of hydrogen-bond donors (Lipinski definition) is 1. The van der Waals surface area contributed by atoms with Crippen LogP contribution in [0, 0.1) is 5.41 Å². The Bertz CT molecular complexity index is 254. The Morgan fingerprint density at radius 1 is 1.24 bits per heavy atom. The minimum atomic E-state index is 0.508. The fourth-order valence-electron chi connectivity index (χ4n) is 3.48. The van der Waals surface area contributed by atoms with E-state index in [2.05, 4.69) is 11.4 Å². The van der Waals surface area contributed by atoms with E-state index in [9.17, 15) is 0 Å². The van der Waals surface area contributed by atoms with Crippen LogP contribution in [0.3, 0.4) is 0 Å². The van der Waals surface area contributed by atoms with Crippen molar-refractivity contribution in [2.45, 2.75) is 51.4 Å². The summed E-state index contributed by atoms with van der Waals surface area (Å²) < 4.78 is 5.11. The predicted octanol–water partition coefficient (Wildman–Crippen LogP) is 3.28. The van der Waals surface area contributed by atoms with Crippen molar-refractivity contribution in [3.63, 3.8) is 0 Å². The van der Waals surface area contributed by atoms with Gasteiger partial charge in [0.15, 0.2) is 0 Å². The number of methoxy groups -OCH3 is 1. The predicted molar refractivity (Wildman–Crippen MR) is 72.2 cm³/mol. The van der Waals surface area contributed by atoms with Crippen LogP contribution < -0.4 is 5.32 Å². The second kappa shape index (κ2) is 6.55. The number of rotatable bonds is 6. The van der Waals surface area contributed by atoms with Crippen molar-refractivity contribution in [3.05, 3.63) is 11.6 Å². The Morgan fingerprint density at radius 2 is 2.06 bits per heavy atom. The molecule has 0 saturated heterocycles. The molecule has 2 heteroatoms. The summed E-state index contributed by atoms with van der Waals surface area (Å²) >= 11 is 0. The molecule has 0 aromatic rings. The first-order valence-corrected chi connectivity index (χ1v) is 7.27. The summed E-state index contributed by atoms with van der Waals surface area (Å²) in [7, 11) is 1.77. The summed E-state index contributed by atoms with van der Waals surface area (Å²) in [4.78, 5) is 0. The van der Waals surface area contributed by atoms with Crippen molar-refractivity contribution in [2.24, 2.45) is 5.41 Å². The van der Waals surface area contributed by atoms with Gasteiger partial charge in [0.25, 0.3) is 0 Å². The summed E-state index contributed by atoms with van der Waals surface area (Å²) in [5, 5.41) is 3.60. The molecule has 2 nitrogen and oxygen atoms in total. The first kappa shape index (κ1) is 13.1. The van der Waals surface area contributed by atoms with Crippen LogP contribution >= 0.6 is 0 Å². The maximum absolute atomic E-state index is 5.11. The summed E-state index contributed by atoms with van der Waals surface area (Å²) in [6.07, 6.45) is 13.7. The van der Waals surface area contributed by atoms with Crippen molar-refractivity contribution in [1.82, 2.24) is 5.32 Å². The molecule has 0 amide bonds. The third-order valence-corrected chi connectivity index (χ3v) is 4.48. The highest BCUT2D eigenvalue weighted by Crippen LogP contribution is 2.46. The average Bonchev–Trinajstić information content (AvgIpc) is 2.86. The molecule has 1 N–H and O–H groups in total. The van der Waals surface area contributed by atoms with E-state index < -0.39 is 0 Å². The van der Waals surface area contributed by atoms with Crippen LogP contribution in [-0.2, 0) is 4.74 Å². The molecule has 0 aromatic heterocycles. The third-order valence-electron chi connectivity index (χ3n) is 4.48. The van der Waals surface area contributed by atoms with E-state index in [1.807, 2.05) is 0 Å². The molecule has 98 valence electrons. The molecular weight excluding hydrogens is 210 g/mol. The minimum absolute atomic E-state index is 0.508. The van der Waals surface area contributed by atoms with Crippen molar-refractivity contribution >= 4 is 0 Å². The molecule has 0 radical (unpaired) electrons. The van der Waals surface area contributed by atoms with Gasteiger partial charge in [-0.25, -0.2) is 0 Å². The van der Waals surface area contributed by atoms with Crippen molar-refractivity contribution in [2.75, 3.05) is 26.8 Å². The summed E-state index contributed by atoms with van der Waals surface area (Å²) in [5.41, 5.74) is 2.28. The molecule has 0 atom stereocenters. The molecule has 1 saturated carbocycles. The Morgan fingerprint density at radius 3 is 2.71 bits per heavy atom. The van der Waals surface area contributed by atoms with E-state index in [-0.39, 0.29) is 0 Å². The molecule has 0 heterocycles. The summed E-state index contributed by atoms with van der Waals surface area (Å²) in [5.74, 6) is 0. The lowest BCUT2D eigenvalue weighted by Gasteiger charge is -2.34. The zero-order chi connectivity index (χ0) is 12.0. The van der Waals surface area contributed by atoms with E-state index in [1.54, 1.807) is 12.7 Å². The summed E-state index contributed by atoms with van der Waals surface area (Å²) in [6.45, 7) is 2.99. The van der Waals surface area contributed by atoms with Gasteiger partial charge in [-0.1, -0.05) is 24.5 Å². The lowest BCUT2D eigenvalue weighted by Crippen LogP contribution is -2.35. The standard InChI is InChI=1S/C15H27NO/c1-17-12-11-16-13-15(9-5-6-10-15)14-7-3-2-4-8-14/h7,16H,2-6,8-13H2,1H3. The van der Waals surface area contributed by atoms with Crippen molar-refractivity contribution in [3.8, 4) is 0 Å². The first-order valence-electron chi connectivity index (χ1n) is 7.27. The van der Waals surface area contributed by atoms with Gasteiger partial charge in [-0.15, -0.1) is 0 Å². The maximum Gasteiger partial charge on any atom is 0.0587 e. The number of hydrogen-bond acceptors (Lipinski definition) is 2. The molecular formula is C15H27NO. The van der Waals surface area contributed by atoms with Gasteiger partial charge in [0.2, 0.25) is 0 Å². The van der Waals surface area contributed by atoms with Gasteiger partial charge >= 0.3 is 0 Å². The van der Waals surface area contributed by atoms with Crippen LogP contribution in [0.15, 0.2) is 11.6 Å². The van der Waals surface area contributed by atoms with Crippen molar-refractivity contribution < 1.29 is 4.74 Å². The van der Waals surface area contributed by atoms with Gasteiger partial charge < -0.3 is 10.1 Å². The maximum atomic E-state index is 5.11. The molecule has 2 aliphatic carbocycles. The average molecular weight is 237 g/mol. The summed E-state index contributed by atoms with van der Waals surface area (Å²) in [6, 6.07) is 0. The Labute approximate surface area is 106 Å². The van der Waals surface area contributed by atoms with Gasteiger partial charge in [0.05, 0.1) is 6.61 Å². The van der Waals surface area contributed by atoms with Crippen LogP contribution in [-0.4, -0.2) is 26.8 Å². The zero-order valence-electron chi connectivity index (χ0n) is 11.3. The van der Waals surface area contributed by atoms with Gasteiger partial charge in [0.1, 0.15) is 0 Å². The lowest BCUT2D eigenvalue weighted by molar-refractivity contribution is 0.193. The molecule has 0 unspecified atom stereocenters. The largest absolute Gasteiger partial charge is 0.383 e. The van der Waals surface area contributed by atoms with E-state index in [4.69, 9.17) is 4.74 Å².